The second-order valence-corrected chi connectivity index (χ2v) is 23.5. The van der Waals surface area contributed by atoms with Crippen molar-refractivity contribution in [2.75, 3.05) is 39.8 Å². The fraction of sp³-hybridized carbons (Fsp3) is 0.271. The van der Waals surface area contributed by atoms with Crippen LogP contribution in [0.5, 0.6) is 5.75 Å². The van der Waals surface area contributed by atoms with E-state index in [0.29, 0.717) is 12.2 Å². The number of nitrogens with two attached hydrogens (primary N) is 2. The van der Waals surface area contributed by atoms with Gasteiger partial charge in [-0.2, -0.15) is 12.9 Å². The number of hydrogen-bond donors (Lipinski definition) is 3. The van der Waals surface area contributed by atoms with Gasteiger partial charge < -0.3 is 26.4 Å². The first kappa shape index (κ1) is 49.2. The van der Waals surface area contributed by atoms with E-state index in [0.717, 1.165) is 53.8 Å². The predicted molar refractivity (Wildman–Crippen MR) is 260 cm³/mol. The van der Waals surface area contributed by atoms with Gasteiger partial charge in [0, 0.05) is 32.7 Å². The van der Waals surface area contributed by atoms with Gasteiger partial charge in [-0.25, -0.2) is 30.0 Å². The quantitative estimate of drug-likeness (QED) is 0.157. The number of rotatable bonds is 12. The Kier molecular flexibility index (Phi) is 14.6. The minimum atomic E-state index is -4.02. The molecule has 17 nitrogen and oxygen atoms in total. The molecule has 2 fully saturated rings. The first-order valence-corrected chi connectivity index (χ1v) is 27.2. The molecule has 6 aromatic rings. The summed E-state index contributed by atoms with van der Waals surface area (Å²) in [5.74, 6) is -0.836. The molecule has 1 aromatic heterocycles. The number of fused-ring (bicyclic) bond motifs is 2. The number of carbonyl (C=O) groups is 3. The van der Waals surface area contributed by atoms with Crippen LogP contribution >= 0.6 is 11.3 Å². The van der Waals surface area contributed by atoms with E-state index in [4.69, 9.17) is 16.2 Å². The molecule has 0 bridgehead atoms. The number of methoxy groups -OCH3 is 1. The van der Waals surface area contributed by atoms with Crippen LogP contribution in [0.25, 0.3) is 10.8 Å². The first-order valence-electron chi connectivity index (χ1n) is 22.0. The monoisotopic (exact) mass is 1010 g/mol. The largest absolute Gasteiger partial charge is 0.497 e. The summed E-state index contributed by atoms with van der Waals surface area (Å²) in [6, 6.07) is 33.9. The predicted octanol–water partition coefficient (Wildman–Crippen LogP) is 4.31. The van der Waals surface area contributed by atoms with Crippen molar-refractivity contribution in [1.82, 2.24) is 23.1 Å². The zero-order valence-electron chi connectivity index (χ0n) is 37.4. The molecule has 2 saturated heterocycles. The Morgan fingerprint density at radius 3 is 2.06 bits per heavy atom. The van der Waals surface area contributed by atoms with E-state index in [1.807, 2.05) is 66.7 Å². The maximum atomic E-state index is 13.6. The molecule has 362 valence electrons. The highest BCUT2D eigenvalue weighted by atomic mass is 32.2. The van der Waals surface area contributed by atoms with E-state index in [2.05, 4.69) is 5.32 Å². The van der Waals surface area contributed by atoms with Crippen LogP contribution in [0.4, 0.5) is 4.79 Å². The van der Waals surface area contributed by atoms with E-state index >= 15 is 0 Å². The summed E-state index contributed by atoms with van der Waals surface area (Å²) in [6.07, 6.45) is 1.73. The Bertz CT molecular complexity index is 3170. The van der Waals surface area contributed by atoms with Crippen molar-refractivity contribution in [3.05, 3.63) is 156 Å². The summed E-state index contributed by atoms with van der Waals surface area (Å²) in [5, 5.41) is 6.60. The number of carbonyl (C=O) groups excluding carboxylic acids is 3. The van der Waals surface area contributed by atoms with Crippen molar-refractivity contribution in [1.29, 1.82) is 0 Å². The van der Waals surface area contributed by atoms with Crippen LogP contribution in [0.3, 0.4) is 0 Å². The summed E-state index contributed by atoms with van der Waals surface area (Å²) in [6.45, 7) is -0.538. The van der Waals surface area contributed by atoms with E-state index < -0.39 is 66.0 Å². The maximum Gasteiger partial charge on any atom is 0.315 e. The number of aryl methyl sites for hydroxylation is 1. The van der Waals surface area contributed by atoms with Gasteiger partial charge in [0.1, 0.15) is 22.0 Å². The molecule has 3 aliphatic rings. The molecule has 5 N–H and O–H groups in total. The lowest BCUT2D eigenvalue weighted by molar-refractivity contribution is -0.127. The minimum absolute atomic E-state index is 0.0479. The molecule has 9 rings (SSSR count). The first-order chi connectivity index (χ1) is 33.0. The van der Waals surface area contributed by atoms with Gasteiger partial charge in [0.25, 0.3) is 10.0 Å². The average Bonchev–Trinajstić information content (AvgIpc) is 4.06. The maximum absolute atomic E-state index is 13.6. The molecule has 4 atom stereocenters. The number of benzene rings is 5. The Balaban J connectivity index is 0.000000188. The SMILES string of the molecule is COc1ccc(S(=O)(=O)N2CCN(S(=O)(=O)c3cccs3)C(C(=O)NC3CCc4ccccc43)C2)cc1.NC(=O)C1C(Cc2cccc3ccccc23)N(C(N)=O)CCN1S(=O)(=O)c1ccccc1. The molecule has 4 unspecified atom stereocenters. The highest BCUT2D eigenvalue weighted by Gasteiger charge is 2.47. The van der Waals surface area contributed by atoms with Crippen molar-refractivity contribution in [3.63, 3.8) is 0 Å². The summed E-state index contributed by atoms with van der Waals surface area (Å²) < 4.78 is 89.2. The van der Waals surface area contributed by atoms with Crippen molar-refractivity contribution in [3.8, 4) is 5.75 Å². The van der Waals surface area contributed by atoms with Crippen LogP contribution in [0.15, 0.2) is 153 Å². The Morgan fingerprint density at radius 1 is 0.696 bits per heavy atom. The number of sulfonamides is 3. The Hall–Kier alpha value is -6.20. The van der Waals surface area contributed by atoms with Gasteiger partial charge in [0.2, 0.25) is 31.9 Å². The van der Waals surface area contributed by atoms with E-state index in [-0.39, 0.29) is 59.2 Å². The van der Waals surface area contributed by atoms with Gasteiger partial charge in [-0.15, -0.1) is 11.3 Å². The van der Waals surface area contributed by atoms with Crippen molar-refractivity contribution in [2.45, 2.75) is 57.4 Å². The number of hydrogen-bond acceptors (Lipinski definition) is 11. The molecule has 0 spiro atoms. The van der Waals surface area contributed by atoms with Crippen LogP contribution < -0.4 is 21.5 Å². The third kappa shape index (κ3) is 10.1. The Morgan fingerprint density at radius 2 is 1.36 bits per heavy atom. The minimum Gasteiger partial charge on any atom is -0.497 e. The lowest BCUT2D eigenvalue weighted by Crippen LogP contribution is -2.67. The lowest BCUT2D eigenvalue weighted by Gasteiger charge is -2.45. The number of nitrogens with one attached hydrogen (secondary N) is 1. The summed E-state index contributed by atoms with van der Waals surface area (Å²) in [7, 11) is -10.5. The number of primary amides is 2. The summed E-state index contributed by atoms with van der Waals surface area (Å²) in [4.78, 5) is 39.9. The van der Waals surface area contributed by atoms with Gasteiger partial charge in [-0.1, -0.05) is 91.0 Å². The fourth-order valence-corrected chi connectivity index (χ4v) is 15.0. The molecule has 4 amide bonds. The summed E-state index contributed by atoms with van der Waals surface area (Å²) in [5.41, 5.74) is 14.4. The Labute approximate surface area is 405 Å². The zero-order chi connectivity index (χ0) is 49.1. The van der Waals surface area contributed by atoms with Gasteiger partial charge in [0.15, 0.2) is 0 Å². The van der Waals surface area contributed by atoms with Crippen LogP contribution in [-0.4, -0.2) is 119 Å². The lowest BCUT2D eigenvalue weighted by atomic mass is 9.92. The van der Waals surface area contributed by atoms with Gasteiger partial charge in [-0.05, 0) is 94.6 Å². The molecular weight excluding hydrogens is 963 g/mol. The number of nitrogens with zero attached hydrogens (tertiary/aromatic N) is 4. The number of urea groups is 1. The molecular formula is C48H51N7O10S4. The zero-order valence-corrected chi connectivity index (χ0v) is 40.7. The van der Waals surface area contributed by atoms with Crippen LogP contribution in [0.2, 0.25) is 0 Å². The average molecular weight is 1010 g/mol. The highest BCUT2D eigenvalue weighted by molar-refractivity contribution is 7.91. The molecule has 3 heterocycles. The fourth-order valence-electron chi connectivity index (χ4n) is 9.25. The molecule has 0 radical (unpaired) electrons. The van der Waals surface area contributed by atoms with Gasteiger partial charge in [-0.3, -0.25) is 9.59 Å². The second-order valence-electron chi connectivity index (χ2n) is 16.6. The molecule has 21 heteroatoms. The van der Waals surface area contributed by atoms with Crippen molar-refractivity contribution in [2.24, 2.45) is 11.5 Å². The standard InChI is InChI=1S/C25H27N3O6S3.C23H24N4O4S/c1-34-19-9-11-20(12-10-19)36(30,31)27-14-15-28(37(32,33)24-7-4-16-35-24)23(17-27)25(29)26-22-13-8-18-5-2-3-6-21(18)22;24-22(28)21-20(15-17-9-6-8-16-7-4-5-12-19(16)17)26(23(25)29)13-14-27(21)32(30,31)18-10-2-1-3-11-18/h2-7,9-12,16,22-23H,8,13-15,17H2,1H3,(H,26,29);1-12,20-21H,13-15H2,(H2,24,28)(H2,25,29). The van der Waals surface area contributed by atoms with Crippen LogP contribution in [-0.2, 0) is 52.5 Å². The number of ether oxygens (including phenoxy) is 1. The molecule has 5 aromatic carbocycles. The van der Waals surface area contributed by atoms with Crippen LogP contribution in [0.1, 0.15) is 29.2 Å². The number of piperazine rings is 2. The molecule has 69 heavy (non-hydrogen) atoms. The third-order valence-corrected chi connectivity index (χ3v) is 19.7. The second kappa shape index (κ2) is 20.4. The molecule has 2 aliphatic heterocycles. The van der Waals surface area contributed by atoms with Crippen molar-refractivity contribution >= 4 is 70.0 Å². The topological polar surface area (TPSA) is 240 Å². The number of thiophene rings is 1. The normalized spacial score (nSPS) is 20.3. The van der Waals surface area contributed by atoms with Crippen LogP contribution in [0, 0.1) is 0 Å². The van der Waals surface area contributed by atoms with Gasteiger partial charge in [0.05, 0.1) is 29.0 Å². The smallest absolute Gasteiger partial charge is 0.315 e. The summed E-state index contributed by atoms with van der Waals surface area (Å²) >= 11 is 1.06. The molecule has 0 saturated carbocycles. The number of amides is 4. The third-order valence-electron chi connectivity index (χ3n) is 12.7. The highest BCUT2D eigenvalue weighted by Crippen LogP contribution is 2.34. The van der Waals surface area contributed by atoms with Crippen molar-refractivity contribution < 1.29 is 44.4 Å². The van der Waals surface area contributed by atoms with E-state index in [9.17, 15) is 39.6 Å². The van der Waals surface area contributed by atoms with E-state index in [1.54, 1.807) is 41.8 Å². The van der Waals surface area contributed by atoms with E-state index in [1.165, 1.54) is 46.6 Å². The van der Waals surface area contributed by atoms with Gasteiger partial charge >= 0.3 is 6.03 Å². The molecule has 1 aliphatic carbocycles.